The van der Waals surface area contributed by atoms with Crippen LogP contribution in [0.5, 0.6) is 5.75 Å². The Labute approximate surface area is 116 Å². The smallest absolute Gasteiger partial charge is 0.137 e. The molecule has 2 aromatic carbocycles. The molecule has 0 aliphatic rings. The molecule has 0 unspecified atom stereocenters. The number of fused-ring (bicyclic) bond motifs is 1. The van der Waals surface area contributed by atoms with Gasteiger partial charge in [0.05, 0.1) is 12.6 Å². The molecule has 0 atom stereocenters. The van der Waals surface area contributed by atoms with Gasteiger partial charge in [-0.25, -0.2) is 4.98 Å². The van der Waals surface area contributed by atoms with E-state index in [0.717, 1.165) is 27.8 Å². The molecule has 3 heteroatoms. The molecule has 94 valence electrons. The molecule has 0 spiro atoms. The molecule has 0 radical (unpaired) electrons. The van der Waals surface area contributed by atoms with Gasteiger partial charge in [0.15, 0.2) is 0 Å². The molecule has 0 aliphatic carbocycles. The van der Waals surface area contributed by atoms with Crippen LogP contribution in [0.2, 0.25) is 5.15 Å². The molecule has 19 heavy (non-hydrogen) atoms. The molecule has 0 saturated carbocycles. The van der Waals surface area contributed by atoms with E-state index in [1.54, 1.807) is 7.11 Å². The lowest BCUT2D eigenvalue weighted by Gasteiger charge is -2.07. The maximum atomic E-state index is 6.28. The molecular weight excluding hydrogens is 258 g/mol. The van der Waals surface area contributed by atoms with Crippen molar-refractivity contribution in [3.8, 4) is 16.9 Å². The first-order valence-electron chi connectivity index (χ1n) is 5.97. The average Bonchev–Trinajstić information content (AvgIpc) is 2.47. The van der Waals surface area contributed by atoms with Gasteiger partial charge in [-0.3, -0.25) is 0 Å². The van der Waals surface area contributed by atoms with Gasteiger partial charge in [0.2, 0.25) is 0 Å². The highest BCUT2D eigenvalue weighted by Crippen LogP contribution is 2.30. The van der Waals surface area contributed by atoms with Crippen LogP contribution in [-0.4, -0.2) is 12.1 Å². The number of aromatic nitrogens is 1. The summed E-state index contributed by atoms with van der Waals surface area (Å²) in [6.07, 6.45) is 0. The summed E-state index contributed by atoms with van der Waals surface area (Å²) >= 11 is 6.28. The van der Waals surface area contributed by atoms with Crippen molar-refractivity contribution in [1.29, 1.82) is 0 Å². The molecule has 0 bridgehead atoms. The van der Waals surface area contributed by atoms with Crippen LogP contribution >= 0.6 is 11.6 Å². The van der Waals surface area contributed by atoms with E-state index in [1.807, 2.05) is 48.5 Å². The Bertz CT molecular complexity index is 725. The Kier molecular flexibility index (Phi) is 3.10. The van der Waals surface area contributed by atoms with Crippen molar-refractivity contribution in [3.05, 3.63) is 59.8 Å². The third-order valence-electron chi connectivity index (χ3n) is 3.06. The molecule has 3 aromatic rings. The quantitative estimate of drug-likeness (QED) is 0.636. The van der Waals surface area contributed by atoms with E-state index in [4.69, 9.17) is 16.3 Å². The Balaban J connectivity index is 2.20. The summed E-state index contributed by atoms with van der Waals surface area (Å²) in [5, 5.41) is 1.55. The normalized spacial score (nSPS) is 10.6. The summed E-state index contributed by atoms with van der Waals surface area (Å²) in [5.41, 5.74) is 2.85. The first-order chi connectivity index (χ1) is 9.28. The number of hydrogen-bond donors (Lipinski definition) is 0. The van der Waals surface area contributed by atoms with E-state index < -0.39 is 0 Å². The minimum absolute atomic E-state index is 0.506. The lowest BCUT2D eigenvalue weighted by atomic mass is 10.1. The molecule has 2 nitrogen and oxygen atoms in total. The number of benzene rings is 2. The summed E-state index contributed by atoms with van der Waals surface area (Å²) in [4.78, 5) is 4.45. The number of pyridine rings is 1. The summed E-state index contributed by atoms with van der Waals surface area (Å²) < 4.78 is 5.19. The molecule has 0 amide bonds. The Hall–Kier alpha value is -2.06. The Morgan fingerprint density at radius 2 is 1.79 bits per heavy atom. The molecule has 0 N–H and O–H groups in total. The summed E-state index contributed by atoms with van der Waals surface area (Å²) in [6.45, 7) is 0. The fourth-order valence-corrected chi connectivity index (χ4v) is 2.33. The van der Waals surface area contributed by atoms with E-state index in [1.165, 1.54) is 0 Å². The summed E-state index contributed by atoms with van der Waals surface area (Å²) in [5.74, 6) is 0.781. The van der Waals surface area contributed by atoms with Gasteiger partial charge in [-0.15, -0.1) is 0 Å². The highest BCUT2D eigenvalue weighted by molar-refractivity contribution is 6.32. The van der Waals surface area contributed by atoms with Crippen LogP contribution < -0.4 is 4.74 Å². The van der Waals surface area contributed by atoms with E-state index in [0.29, 0.717) is 5.15 Å². The van der Waals surface area contributed by atoms with Crippen molar-refractivity contribution >= 4 is 22.5 Å². The SMILES string of the molecule is COc1ccc2cc(-c3ccccc3)c(Cl)nc2c1. The van der Waals surface area contributed by atoms with Gasteiger partial charge in [-0.05, 0) is 23.8 Å². The van der Waals surface area contributed by atoms with Crippen molar-refractivity contribution in [2.45, 2.75) is 0 Å². The highest BCUT2D eigenvalue weighted by Gasteiger charge is 2.07. The third kappa shape index (κ3) is 2.27. The third-order valence-corrected chi connectivity index (χ3v) is 3.35. The molecule has 3 rings (SSSR count). The topological polar surface area (TPSA) is 22.1 Å². The number of methoxy groups -OCH3 is 1. The first-order valence-corrected chi connectivity index (χ1v) is 6.35. The first kappa shape index (κ1) is 12.0. The number of ether oxygens (including phenoxy) is 1. The predicted molar refractivity (Wildman–Crippen MR) is 78.7 cm³/mol. The molecule has 0 saturated heterocycles. The van der Waals surface area contributed by atoms with Crippen LogP contribution in [0.25, 0.3) is 22.0 Å². The van der Waals surface area contributed by atoms with Crippen LogP contribution in [0, 0.1) is 0 Å². The Morgan fingerprint density at radius 3 is 2.53 bits per heavy atom. The predicted octanol–water partition coefficient (Wildman–Crippen LogP) is 4.56. The lowest BCUT2D eigenvalue weighted by Crippen LogP contribution is -1.88. The minimum Gasteiger partial charge on any atom is -0.497 e. The van der Waals surface area contributed by atoms with Crippen molar-refractivity contribution in [2.75, 3.05) is 7.11 Å². The fourth-order valence-electron chi connectivity index (χ4n) is 2.07. The number of hydrogen-bond acceptors (Lipinski definition) is 2. The number of rotatable bonds is 2. The molecular formula is C16H12ClNO. The lowest BCUT2D eigenvalue weighted by molar-refractivity contribution is 0.415. The van der Waals surface area contributed by atoms with Crippen LogP contribution in [0.15, 0.2) is 54.6 Å². The zero-order valence-electron chi connectivity index (χ0n) is 10.4. The summed E-state index contributed by atoms with van der Waals surface area (Å²) in [7, 11) is 1.64. The standard InChI is InChI=1S/C16H12ClNO/c1-19-13-8-7-12-9-14(11-5-3-2-4-6-11)16(17)18-15(12)10-13/h2-10H,1H3. The fraction of sp³-hybridized carbons (Fsp3) is 0.0625. The largest absolute Gasteiger partial charge is 0.497 e. The van der Waals surface area contributed by atoms with Crippen molar-refractivity contribution in [3.63, 3.8) is 0 Å². The second-order valence-electron chi connectivity index (χ2n) is 4.25. The number of halogens is 1. The van der Waals surface area contributed by atoms with Gasteiger partial charge in [0.25, 0.3) is 0 Å². The van der Waals surface area contributed by atoms with Crippen LogP contribution in [0.4, 0.5) is 0 Å². The van der Waals surface area contributed by atoms with Crippen molar-refractivity contribution in [2.24, 2.45) is 0 Å². The van der Waals surface area contributed by atoms with Crippen LogP contribution in [-0.2, 0) is 0 Å². The molecule has 0 fully saturated rings. The van der Waals surface area contributed by atoms with E-state index in [2.05, 4.69) is 11.1 Å². The second kappa shape index (κ2) is 4.90. The average molecular weight is 270 g/mol. The van der Waals surface area contributed by atoms with Gasteiger partial charge in [0, 0.05) is 17.0 Å². The monoisotopic (exact) mass is 269 g/mol. The highest BCUT2D eigenvalue weighted by atomic mass is 35.5. The van der Waals surface area contributed by atoms with Crippen LogP contribution in [0.3, 0.4) is 0 Å². The number of nitrogens with zero attached hydrogens (tertiary/aromatic N) is 1. The molecule has 1 aromatic heterocycles. The molecule has 0 aliphatic heterocycles. The molecule has 1 heterocycles. The van der Waals surface area contributed by atoms with Gasteiger partial charge in [-0.2, -0.15) is 0 Å². The van der Waals surface area contributed by atoms with Gasteiger partial charge < -0.3 is 4.74 Å². The van der Waals surface area contributed by atoms with Crippen molar-refractivity contribution in [1.82, 2.24) is 4.98 Å². The van der Waals surface area contributed by atoms with Gasteiger partial charge in [-0.1, -0.05) is 41.9 Å². The maximum absolute atomic E-state index is 6.28. The Morgan fingerprint density at radius 1 is 1.00 bits per heavy atom. The van der Waals surface area contributed by atoms with Gasteiger partial charge in [0.1, 0.15) is 10.9 Å². The van der Waals surface area contributed by atoms with E-state index >= 15 is 0 Å². The minimum atomic E-state index is 0.506. The summed E-state index contributed by atoms with van der Waals surface area (Å²) in [6, 6.07) is 17.9. The maximum Gasteiger partial charge on any atom is 0.137 e. The zero-order valence-corrected chi connectivity index (χ0v) is 11.2. The van der Waals surface area contributed by atoms with E-state index in [-0.39, 0.29) is 0 Å². The van der Waals surface area contributed by atoms with Crippen LogP contribution in [0.1, 0.15) is 0 Å². The van der Waals surface area contributed by atoms with Gasteiger partial charge >= 0.3 is 0 Å². The zero-order chi connectivity index (χ0) is 13.2. The second-order valence-corrected chi connectivity index (χ2v) is 4.61. The van der Waals surface area contributed by atoms with E-state index in [9.17, 15) is 0 Å². The van der Waals surface area contributed by atoms with Crippen molar-refractivity contribution < 1.29 is 4.74 Å².